The van der Waals surface area contributed by atoms with Crippen LogP contribution in [0.2, 0.25) is 0 Å². The Morgan fingerprint density at radius 1 is 1.38 bits per heavy atom. The molecule has 0 radical (unpaired) electrons. The quantitative estimate of drug-likeness (QED) is 0.650. The average Bonchev–Trinajstić information content (AvgIpc) is 2.42. The Kier molecular flexibility index (Phi) is 7.98. The minimum atomic E-state index is -4.36. The molecule has 21 heavy (non-hydrogen) atoms. The standard InChI is InChI=1S/C13H24F3N3O2/c1-21-7-5-17-8-11-4-2-3-6-19(11)9-12(20)18-10-13(14,15)16/h11,17H,2-10H2,1H3,(H,18,20). The minimum absolute atomic E-state index is 0.0205. The molecule has 1 atom stereocenters. The Balaban J connectivity index is 2.33. The molecule has 1 unspecified atom stereocenters. The first-order valence-corrected chi connectivity index (χ1v) is 7.19. The highest BCUT2D eigenvalue weighted by molar-refractivity contribution is 5.78. The van der Waals surface area contributed by atoms with Crippen molar-refractivity contribution in [3.05, 3.63) is 0 Å². The number of amides is 1. The van der Waals surface area contributed by atoms with Crippen molar-refractivity contribution in [1.29, 1.82) is 0 Å². The van der Waals surface area contributed by atoms with Crippen LogP contribution in [0.25, 0.3) is 0 Å². The van der Waals surface area contributed by atoms with Gasteiger partial charge in [0.25, 0.3) is 0 Å². The Labute approximate surface area is 123 Å². The van der Waals surface area contributed by atoms with Crippen molar-refractivity contribution in [2.24, 2.45) is 0 Å². The van der Waals surface area contributed by atoms with E-state index >= 15 is 0 Å². The number of alkyl halides is 3. The van der Waals surface area contributed by atoms with Gasteiger partial charge < -0.3 is 15.4 Å². The fourth-order valence-corrected chi connectivity index (χ4v) is 2.38. The molecule has 0 bridgehead atoms. The number of nitrogens with one attached hydrogen (secondary N) is 2. The summed E-state index contributed by atoms with van der Waals surface area (Å²) < 4.78 is 41.1. The van der Waals surface area contributed by atoms with E-state index in [0.29, 0.717) is 6.61 Å². The molecule has 5 nitrogen and oxygen atoms in total. The lowest BCUT2D eigenvalue weighted by atomic mass is 10.0. The molecule has 1 rings (SSSR count). The summed E-state index contributed by atoms with van der Waals surface area (Å²) in [7, 11) is 1.62. The Morgan fingerprint density at radius 3 is 2.81 bits per heavy atom. The summed E-state index contributed by atoms with van der Waals surface area (Å²) >= 11 is 0. The van der Waals surface area contributed by atoms with E-state index in [1.165, 1.54) is 0 Å². The molecule has 8 heteroatoms. The summed E-state index contributed by atoms with van der Waals surface area (Å²) in [5.74, 6) is -0.573. The molecule has 0 spiro atoms. The predicted octanol–water partition coefficient (Wildman–Crippen LogP) is 0.755. The number of rotatable bonds is 8. The summed E-state index contributed by atoms with van der Waals surface area (Å²) in [5, 5.41) is 5.16. The molecule has 0 aromatic heterocycles. The number of carbonyl (C=O) groups excluding carboxylic acids is 1. The first-order valence-electron chi connectivity index (χ1n) is 7.19. The van der Waals surface area contributed by atoms with Gasteiger partial charge in [0.2, 0.25) is 5.91 Å². The summed E-state index contributed by atoms with van der Waals surface area (Å²) in [6, 6.07) is 0.187. The first-order chi connectivity index (χ1) is 9.92. The lowest BCUT2D eigenvalue weighted by molar-refractivity contribution is -0.139. The van der Waals surface area contributed by atoms with Gasteiger partial charge in [-0.1, -0.05) is 6.42 Å². The molecule has 1 amide bonds. The third kappa shape index (κ3) is 8.23. The number of hydrogen-bond donors (Lipinski definition) is 2. The van der Waals surface area contributed by atoms with Crippen LogP contribution in [0.5, 0.6) is 0 Å². The molecule has 1 fully saturated rings. The monoisotopic (exact) mass is 311 g/mol. The molecule has 2 N–H and O–H groups in total. The van der Waals surface area contributed by atoms with Crippen LogP contribution in [0.15, 0.2) is 0 Å². The highest BCUT2D eigenvalue weighted by Crippen LogP contribution is 2.16. The van der Waals surface area contributed by atoms with Gasteiger partial charge in [-0.05, 0) is 19.4 Å². The second-order valence-electron chi connectivity index (χ2n) is 5.21. The van der Waals surface area contributed by atoms with Crippen LogP contribution in [-0.4, -0.2) is 69.5 Å². The number of likely N-dealkylation sites (tertiary alicyclic amines) is 1. The summed E-state index contributed by atoms with van der Waals surface area (Å²) in [6.07, 6.45) is -1.36. The van der Waals surface area contributed by atoms with E-state index in [1.54, 1.807) is 7.11 Å². The van der Waals surface area contributed by atoms with Gasteiger partial charge in [-0.2, -0.15) is 13.2 Å². The van der Waals surface area contributed by atoms with Crippen molar-refractivity contribution in [1.82, 2.24) is 15.5 Å². The Morgan fingerprint density at radius 2 is 2.14 bits per heavy atom. The minimum Gasteiger partial charge on any atom is -0.383 e. The fraction of sp³-hybridized carbons (Fsp3) is 0.923. The summed E-state index contributed by atoms with van der Waals surface area (Å²) in [5.41, 5.74) is 0. The van der Waals surface area contributed by atoms with E-state index in [2.05, 4.69) is 5.32 Å². The van der Waals surface area contributed by atoms with Crippen LogP contribution in [0.3, 0.4) is 0 Å². The molecule has 0 aliphatic carbocycles. The predicted molar refractivity (Wildman–Crippen MR) is 73.0 cm³/mol. The van der Waals surface area contributed by atoms with Gasteiger partial charge in [0.05, 0.1) is 13.2 Å². The lowest BCUT2D eigenvalue weighted by Gasteiger charge is -2.35. The van der Waals surface area contributed by atoms with E-state index in [4.69, 9.17) is 4.74 Å². The zero-order valence-electron chi connectivity index (χ0n) is 12.3. The van der Waals surface area contributed by atoms with E-state index in [-0.39, 0.29) is 12.6 Å². The Hall–Kier alpha value is -0.860. The maximum absolute atomic E-state index is 12.1. The number of carbonyl (C=O) groups is 1. The van der Waals surface area contributed by atoms with Crippen LogP contribution < -0.4 is 10.6 Å². The maximum Gasteiger partial charge on any atom is 0.405 e. The van der Waals surface area contributed by atoms with Crippen LogP contribution in [0.1, 0.15) is 19.3 Å². The topological polar surface area (TPSA) is 53.6 Å². The van der Waals surface area contributed by atoms with Crippen molar-refractivity contribution >= 4 is 5.91 Å². The summed E-state index contributed by atoms with van der Waals surface area (Å²) in [6.45, 7) is 1.55. The molecular formula is C13H24F3N3O2. The van der Waals surface area contributed by atoms with E-state index in [0.717, 1.165) is 38.9 Å². The van der Waals surface area contributed by atoms with Crippen LogP contribution >= 0.6 is 0 Å². The highest BCUT2D eigenvalue weighted by atomic mass is 19.4. The van der Waals surface area contributed by atoms with Gasteiger partial charge >= 0.3 is 6.18 Å². The number of ether oxygens (including phenoxy) is 1. The maximum atomic E-state index is 12.1. The SMILES string of the molecule is COCCNCC1CCCCN1CC(=O)NCC(F)(F)F. The average molecular weight is 311 g/mol. The van der Waals surface area contributed by atoms with Crippen LogP contribution in [-0.2, 0) is 9.53 Å². The lowest BCUT2D eigenvalue weighted by Crippen LogP contribution is -2.50. The highest BCUT2D eigenvalue weighted by Gasteiger charge is 2.29. The van der Waals surface area contributed by atoms with Crippen LogP contribution in [0.4, 0.5) is 13.2 Å². The van der Waals surface area contributed by atoms with E-state index in [1.807, 2.05) is 10.2 Å². The number of piperidine rings is 1. The van der Waals surface area contributed by atoms with Crippen molar-refractivity contribution in [3.63, 3.8) is 0 Å². The van der Waals surface area contributed by atoms with Gasteiger partial charge in [-0.3, -0.25) is 9.69 Å². The molecule has 124 valence electrons. The number of hydrogen-bond acceptors (Lipinski definition) is 4. The third-order valence-corrected chi connectivity index (χ3v) is 3.44. The molecule has 0 saturated carbocycles. The second-order valence-corrected chi connectivity index (χ2v) is 5.21. The number of halogens is 3. The molecule has 1 heterocycles. The molecule has 1 aliphatic heterocycles. The van der Waals surface area contributed by atoms with Gasteiger partial charge in [0.15, 0.2) is 0 Å². The van der Waals surface area contributed by atoms with Gasteiger partial charge in [-0.25, -0.2) is 0 Å². The van der Waals surface area contributed by atoms with Crippen molar-refractivity contribution in [2.75, 3.05) is 46.4 Å². The van der Waals surface area contributed by atoms with E-state index < -0.39 is 18.6 Å². The van der Waals surface area contributed by atoms with Gasteiger partial charge in [0, 0.05) is 26.2 Å². The molecule has 1 aliphatic rings. The molecular weight excluding hydrogens is 287 g/mol. The van der Waals surface area contributed by atoms with Crippen LogP contribution in [0, 0.1) is 0 Å². The number of nitrogens with zero attached hydrogens (tertiary/aromatic N) is 1. The zero-order valence-corrected chi connectivity index (χ0v) is 12.3. The Bertz CT molecular complexity index is 314. The van der Waals surface area contributed by atoms with Crippen molar-refractivity contribution < 1.29 is 22.7 Å². The van der Waals surface area contributed by atoms with Gasteiger partial charge in [-0.15, -0.1) is 0 Å². The zero-order chi connectivity index (χ0) is 15.7. The summed E-state index contributed by atoms with van der Waals surface area (Å²) in [4.78, 5) is 13.5. The smallest absolute Gasteiger partial charge is 0.383 e. The molecule has 0 aromatic rings. The largest absolute Gasteiger partial charge is 0.405 e. The molecule has 0 aromatic carbocycles. The first kappa shape index (κ1) is 18.2. The van der Waals surface area contributed by atoms with Crippen molar-refractivity contribution in [2.45, 2.75) is 31.5 Å². The van der Waals surface area contributed by atoms with E-state index in [9.17, 15) is 18.0 Å². The fourth-order valence-electron chi connectivity index (χ4n) is 2.38. The third-order valence-electron chi connectivity index (χ3n) is 3.44. The van der Waals surface area contributed by atoms with Crippen molar-refractivity contribution in [3.8, 4) is 0 Å². The second kappa shape index (κ2) is 9.22. The van der Waals surface area contributed by atoms with Gasteiger partial charge in [0.1, 0.15) is 6.54 Å². The molecule has 1 saturated heterocycles. The number of methoxy groups -OCH3 is 1. The normalized spacial score (nSPS) is 20.5.